The number of nitrogens with zero attached hydrogens (tertiary/aromatic N) is 1. The molecule has 2 rings (SSSR count). The van der Waals surface area contributed by atoms with Gasteiger partial charge < -0.3 is 15.7 Å². The molecule has 19 heavy (non-hydrogen) atoms. The van der Waals surface area contributed by atoms with Gasteiger partial charge in [0.1, 0.15) is 0 Å². The number of aliphatic hydroxyl groups excluding tert-OH is 1. The first kappa shape index (κ1) is 14.8. The van der Waals surface area contributed by atoms with Crippen LogP contribution in [-0.2, 0) is 4.79 Å². The van der Waals surface area contributed by atoms with Crippen molar-refractivity contribution < 1.29 is 9.90 Å². The third-order valence-corrected chi connectivity index (χ3v) is 5.09. The molecule has 0 aromatic rings. The molecule has 0 aromatic heterocycles. The number of hydrogen-bond acceptors (Lipinski definition) is 3. The molecule has 1 saturated carbocycles. The van der Waals surface area contributed by atoms with Crippen LogP contribution in [0.2, 0.25) is 0 Å². The van der Waals surface area contributed by atoms with Crippen molar-refractivity contribution in [2.24, 2.45) is 23.5 Å². The fourth-order valence-corrected chi connectivity index (χ4v) is 3.70. The highest BCUT2D eigenvalue weighted by Crippen LogP contribution is 2.32. The van der Waals surface area contributed by atoms with E-state index < -0.39 is 0 Å². The van der Waals surface area contributed by atoms with Gasteiger partial charge >= 0.3 is 0 Å². The summed E-state index contributed by atoms with van der Waals surface area (Å²) in [5, 5.41) is 9.61. The fraction of sp³-hybridized carbons (Fsp3) is 0.933. The summed E-state index contributed by atoms with van der Waals surface area (Å²) in [6.07, 6.45) is 4.82. The summed E-state index contributed by atoms with van der Waals surface area (Å²) in [5.74, 6) is 1.02. The molecule has 4 unspecified atom stereocenters. The lowest BCUT2D eigenvalue weighted by atomic mass is 9.76. The molecule has 110 valence electrons. The van der Waals surface area contributed by atoms with Gasteiger partial charge in [0.2, 0.25) is 5.91 Å². The lowest BCUT2D eigenvalue weighted by Gasteiger charge is -2.40. The van der Waals surface area contributed by atoms with Crippen molar-refractivity contribution in [3.8, 4) is 0 Å². The molecule has 0 radical (unpaired) electrons. The van der Waals surface area contributed by atoms with Crippen LogP contribution in [0.3, 0.4) is 0 Å². The zero-order chi connectivity index (χ0) is 14.0. The zero-order valence-corrected chi connectivity index (χ0v) is 12.2. The van der Waals surface area contributed by atoms with Crippen LogP contribution < -0.4 is 5.73 Å². The van der Waals surface area contributed by atoms with Gasteiger partial charge in [-0.1, -0.05) is 13.3 Å². The summed E-state index contributed by atoms with van der Waals surface area (Å²) in [4.78, 5) is 14.6. The second-order valence-corrected chi connectivity index (χ2v) is 6.50. The SMILES string of the molecule is CC(O)C1CCN(C(=O)C2C(C)CCCC2N)CC1. The number of aliphatic hydroxyl groups is 1. The van der Waals surface area contributed by atoms with E-state index >= 15 is 0 Å². The van der Waals surface area contributed by atoms with Gasteiger partial charge in [-0.2, -0.15) is 0 Å². The molecule has 4 nitrogen and oxygen atoms in total. The third-order valence-electron chi connectivity index (χ3n) is 5.09. The molecule has 0 bridgehead atoms. The van der Waals surface area contributed by atoms with Crippen molar-refractivity contribution in [3.63, 3.8) is 0 Å². The lowest BCUT2D eigenvalue weighted by molar-refractivity contribution is -0.141. The van der Waals surface area contributed by atoms with Crippen molar-refractivity contribution >= 4 is 5.91 Å². The highest BCUT2D eigenvalue weighted by Gasteiger charge is 2.37. The quantitative estimate of drug-likeness (QED) is 0.795. The Hall–Kier alpha value is -0.610. The van der Waals surface area contributed by atoms with Crippen LogP contribution in [0, 0.1) is 17.8 Å². The summed E-state index contributed by atoms with van der Waals surface area (Å²) < 4.78 is 0. The fourth-order valence-electron chi connectivity index (χ4n) is 3.70. The van der Waals surface area contributed by atoms with Crippen LogP contribution in [0.5, 0.6) is 0 Å². The Morgan fingerprint density at radius 2 is 1.89 bits per heavy atom. The normalized spacial score (nSPS) is 35.2. The number of nitrogens with two attached hydrogens (primary N) is 1. The van der Waals surface area contributed by atoms with Crippen LogP contribution in [-0.4, -0.2) is 41.1 Å². The number of carbonyl (C=O) groups excluding carboxylic acids is 1. The Morgan fingerprint density at radius 1 is 1.26 bits per heavy atom. The van der Waals surface area contributed by atoms with Crippen molar-refractivity contribution in [2.75, 3.05) is 13.1 Å². The van der Waals surface area contributed by atoms with Gasteiger partial charge in [0.05, 0.1) is 12.0 Å². The number of likely N-dealkylation sites (tertiary alicyclic amines) is 1. The Kier molecular flexibility index (Phi) is 4.85. The van der Waals surface area contributed by atoms with Crippen molar-refractivity contribution in [1.82, 2.24) is 4.90 Å². The summed E-state index contributed by atoms with van der Waals surface area (Å²) in [5.41, 5.74) is 6.17. The summed E-state index contributed by atoms with van der Waals surface area (Å²) in [7, 11) is 0. The van der Waals surface area contributed by atoms with E-state index in [0.29, 0.717) is 11.8 Å². The summed E-state index contributed by atoms with van der Waals surface area (Å²) in [6.45, 7) is 5.57. The largest absolute Gasteiger partial charge is 0.393 e. The minimum atomic E-state index is -0.256. The topological polar surface area (TPSA) is 66.6 Å². The molecule has 1 heterocycles. The summed E-state index contributed by atoms with van der Waals surface area (Å²) in [6, 6.07) is 0.0331. The standard InChI is InChI=1S/C15H28N2O2/c1-10-4-3-5-13(16)14(10)15(19)17-8-6-12(7-9-17)11(2)18/h10-14,18H,3-9,16H2,1-2H3. The van der Waals surface area contributed by atoms with Crippen LogP contribution in [0.15, 0.2) is 0 Å². The Bertz CT molecular complexity index is 301. The monoisotopic (exact) mass is 268 g/mol. The van der Waals surface area contributed by atoms with Gasteiger partial charge in [-0.25, -0.2) is 0 Å². The number of amides is 1. The molecule has 2 aliphatic rings. The Balaban J connectivity index is 1.93. The van der Waals surface area contributed by atoms with Crippen molar-refractivity contribution in [3.05, 3.63) is 0 Å². The smallest absolute Gasteiger partial charge is 0.227 e. The average Bonchev–Trinajstić information content (AvgIpc) is 2.38. The van der Waals surface area contributed by atoms with E-state index in [1.807, 2.05) is 11.8 Å². The minimum absolute atomic E-state index is 0.0110. The predicted molar refractivity (Wildman–Crippen MR) is 75.5 cm³/mol. The van der Waals surface area contributed by atoms with E-state index in [9.17, 15) is 9.90 Å². The number of hydrogen-bond donors (Lipinski definition) is 2. The van der Waals surface area contributed by atoms with Gasteiger partial charge in [-0.15, -0.1) is 0 Å². The Labute approximate surface area is 116 Å². The van der Waals surface area contributed by atoms with Gasteiger partial charge in [0.25, 0.3) is 0 Å². The van der Waals surface area contributed by atoms with Crippen molar-refractivity contribution in [2.45, 2.75) is 58.1 Å². The molecule has 4 heteroatoms. The predicted octanol–water partition coefficient (Wildman–Crippen LogP) is 1.37. The van der Waals surface area contributed by atoms with Gasteiger partial charge in [0.15, 0.2) is 0 Å². The van der Waals surface area contributed by atoms with Crippen LogP contribution in [0.25, 0.3) is 0 Å². The average molecular weight is 268 g/mol. The van der Waals surface area contributed by atoms with E-state index in [1.165, 1.54) is 0 Å². The van der Waals surface area contributed by atoms with Crippen LogP contribution in [0.1, 0.15) is 46.0 Å². The molecular weight excluding hydrogens is 240 g/mol. The van der Waals surface area contributed by atoms with E-state index in [1.54, 1.807) is 0 Å². The second kappa shape index (κ2) is 6.23. The van der Waals surface area contributed by atoms with E-state index in [2.05, 4.69) is 6.92 Å². The van der Waals surface area contributed by atoms with E-state index in [-0.39, 0.29) is 24.0 Å². The molecule has 0 aromatic carbocycles. The molecule has 3 N–H and O–H groups in total. The molecule has 1 amide bonds. The summed E-state index contributed by atoms with van der Waals surface area (Å²) >= 11 is 0. The zero-order valence-electron chi connectivity index (χ0n) is 12.2. The first-order valence-electron chi connectivity index (χ1n) is 7.73. The van der Waals surface area contributed by atoms with Crippen LogP contribution in [0.4, 0.5) is 0 Å². The van der Waals surface area contributed by atoms with Gasteiger partial charge in [0, 0.05) is 19.1 Å². The maximum absolute atomic E-state index is 12.6. The molecule has 0 spiro atoms. The van der Waals surface area contributed by atoms with Gasteiger partial charge in [-0.3, -0.25) is 4.79 Å². The van der Waals surface area contributed by atoms with E-state index in [4.69, 9.17) is 5.73 Å². The lowest BCUT2D eigenvalue weighted by Crippen LogP contribution is -2.51. The van der Waals surface area contributed by atoms with Gasteiger partial charge in [-0.05, 0) is 44.4 Å². The molecule has 2 fully saturated rings. The maximum atomic E-state index is 12.6. The molecule has 1 aliphatic carbocycles. The molecular formula is C15H28N2O2. The highest BCUT2D eigenvalue weighted by molar-refractivity contribution is 5.80. The van der Waals surface area contributed by atoms with Crippen molar-refractivity contribution in [1.29, 1.82) is 0 Å². The second-order valence-electron chi connectivity index (χ2n) is 6.50. The van der Waals surface area contributed by atoms with E-state index in [0.717, 1.165) is 45.2 Å². The third kappa shape index (κ3) is 3.29. The number of rotatable bonds is 2. The molecule has 1 aliphatic heterocycles. The molecule has 4 atom stereocenters. The number of piperidine rings is 1. The number of carbonyl (C=O) groups is 1. The van der Waals surface area contributed by atoms with Crippen LogP contribution >= 0.6 is 0 Å². The minimum Gasteiger partial charge on any atom is -0.393 e. The first-order chi connectivity index (χ1) is 9.00. The molecule has 1 saturated heterocycles. The highest BCUT2D eigenvalue weighted by atomic mass is 16.3. The Morgan fingerprint density at radius 3 is 2.42 bits per heavy atom. The maximum Gasteiger partial charge on any atom is 0.227 e. The first-order valence-corrected chi connectivity index (χ1v) is 7.73.